The van der Waals surface area contributed by atoms with E-state index in [9.17, 15) is 13.2 Å². The van der Waals surface area contributed by atoms with Crippen LogP contribution in [0, 0.1) is 5.41 Å². The van der Waals surface area contributed by atoms with Crippen molar-refractivity contribution < 1.29 is 18.3 Å². The lowest BCUT2D eigenvalue weighted by Gasteiger charge is -2.38. The number of benzene rings is 1. The molecule has 0 spiro atoms. The van der Waals surface area contributed by atoms with Crippen LogP contribution in [0.5, 0.6) is 0 Å². The van der Waals surface area contributed by atoms with Gasteiger partial charge in [0.1, 0.15) is 4.90 Å². The van der Waals surface area contributed by atoms with Crippen molar-refractivity contribution in [3.8, 4) is 0 Å². The fourth-order valence-electron chi connectivity index (χ4n) is 2.15. The molecule has 0 unspecified atom stereocenters. The summed E-state index contributed by atoms with van der Waals surface area (Å²) >= 11 is 5.87. The Bertz CT molecular complexity index is 638. The summed E-state index contributed by atoms with van der Waals surface area (Å²) in [6.07, 6.45) is 3.07. The van der Waals surface area contributed by atoms with Gasteiger partial charge in [0.15, 0.2) is 0 Å². The van der Waals surface area contributed by atoms with Gasteiger partial charge in [-0.2, -0.15) is 0 Å². The Labute approximate surface area is 123 Å². The van der Waals surface area contributed by atoms with E-state index in [-0.39, 0.29) is 20.9 Å². The lowest BCUT2D eigenvalue weighted by molar-refractivity contribution is 0.0696. The number of hydrogen-bond acceptors (Lipinski definition) is 3. The van der Waals surface area contributed by atoms with Crippen LogP contribution >= 0.6 is 11.6 Å². The molecule has 20 heavy (non-hydrogen) atoms. The predicted molar refractivity (Wildman–Crippen MR) is 75.6 cm³/mol. The number of halogens is 1. The summed E-state index contributed by atoms with van der Waals surface area (Å²) in [5, 5.41) is 8.93. The fourth-order valence-corrected chi connectivity index (χ4v) is 3.87. The van der Waals surface area contributed by atoms with Crippen LogP contribution < -0.4 is 4.72 Å². The van der Waals surface area contributed by atoms with Crippen molar-refractivity contribution in [3.63, 3.8) is 0 Å². The van der Waals surface area contributed by atoms with E-state index in [2.05, 4.69) is 4.72 Å². The van der Waals surface area contributed by atoms with E-state index < -0.39 is 16.0 Å². The molecule has 7 heteroatoms. The molecule has 1 aliphatic carbocycles. The van der Waals surface area contributed by atoms with Gasteiger partial charge in [-0.3, -0.25) is 0 Å². The quantitative estimate of drug-likeness (QED) is 0.874. The van der Waals surface area contributed by atoms with Gasteiger partial charge in [-0.1, -0.05) is 24.9 Å². The van der Waals surface area contributed by atoms with Crippen LogP contribution in [0.2, 0.25) is 5.02 Å². The summed E-state index contributed by atoms with van der Waals surface area (Å²) in [7, 11) is -3.80. The Morgan fingerprint density at radius 3 is 2.60 bits per heavy atom. The zero-order valence-electron chi connectivity index (χ0n) is 11.0. The summed E-state index contributed by atoms with van der Waals surface area (Å²) in [6.45, 7) is 2.36. The first-order valence-corrected chi connectivity index (χ1v) is 8.12. The summed E-state index contributed by atoms with van der Waals surface area (Å²) in [5.41, 5.74) is -0.117. The Kier molecular flexibility index (Phi) is 4.09. The van der Waals surface area contributed by atoms with Crippen LogP contribution in [0.1, 0.15) is 36.5 Å². The van der Waals surface area contributed by atoms with Gasteiger partial charge in [-0.15, -0.1) is 0 Å². The molecule has 1 saturated carbocycles. The topological polar surface area (TPSA) is 83.5 Å². The van der Waals surface area contributed by atoms with Crippen molar-refractivity contribution >= 4 is 27.6 Å². The minimum atomic E-state index is -3.80. The summed E-state index contributed by atoms with van der Waals surface area (Å²) in [5.74, 6) is -1.19. The Hall–Kier alpha value is -1.11. The van der Waals surface area contributed by atoms with Crippen LogP contribution in [0.4, 0.5) is 0 Å². The van der Waals surface area contributed by atoms with E-state index in [1.807, 2.05) is 6.92 Å². The van der Waals surface area contributed by atoms with Crippen molar-refractivity contribution in [1.82, 2.24) is 4.72 Å². The third kappa shape index (κ3) is 3.13. The molecule has 0 aliphatic heterocycles. The highest BCUT2D eigenvalue weighted by molar-refractivity contribution is 7.89. The average Bonchev–Trinajstić information content (AvgIpc) is 2.34. The molecule has 0 aromatic heterocycles. The maximum atomic E-state index is 12.2. The van der Waals surface area contributed by atoms with Crippen LogP contribution in [0.3, 0.4) is 0 Å². The smallest absolute Gasteiger partial charge is 0.335 e. The Balaban J connectivity index is 2.24. The number of rotatable bonds is 5. The predicted octanol–water partition coefficient (Wildman–Crippen LogP) is 2.51. The second-order valence-electron chi connectivity index (χ2n) is 5.44. The monoisotopic (exact) mass is 317 g/mol. The molecule has 0 atom stereocenters. The first kappa shape index (κ1) is 15.3. The van der Waals surface area contributed by atoms with Gasteiger partial charge in [-0.05, 0) is 36.5 Å². The SMILES string of the molecule is CC1(CNS(=O)(=O)c2cc(C(=O)O)ccc2Cl)CCC1. The molecular weight excluding hydrogens is 302 g/mol. The van der Waals surface area contributed by atoms with Crippen molar-refractivity contribution in [3.05, 3.63) is 28.8 Å². The highest BCUT2D eigenvalue weighted by Crippen LogP contribution is 2.39. The van der Waals surface area contributed by atoms with E-state index in [0.29, 0.717) is 6.54 Å². The maximum Gasteiger partial charge on any atom is 0.335 e. The highest BCUT2D eigenvalue weighted by Gasteiger charge is 2.33. The number of nitrogens with one attached hydrogen (secondary N) is 1. The molecule has 5 nitrogen and oxygen atoms in total. The highest BCUT2D eigenvalue weighted by atomic mass is 35.5. The summed E-state index contributed by atoms with van der Waals surface area (Å²) in [4.78, 5) is 10.7. The molecule has 2 rings (SSSR count). The molecule has 1 aromatic rings. The van der Waals surface area contributed by atoms with E-state index in [1.54, 1.807) is 0 Å². The number of carboxylic acids is 1. The fraction of sp³-hybridized carbons (Fsp3) is 0.462. The Morgan fingerprint density at radius 2 is 2.10 bits per heavy atom. The largest absolute Gasteiger partial charge is 0.478 e. The number of sulfonamides is 1. The third-order valence-corrected chi connectivity index (χ3v) is 5.60. The first-order valence-electron chi connectivity index (χ1n) is 6.26. The molecule has 1 aromatic carbocycles. The van der Waals surface area contributed by atoms with Gasteiger partial charge in [0, 0.05) is 6.54 Å². The van der Waals surface area contributed by atoms with E-state index >= 15 is 0 Å². The van der Waals surface area contributed by atoms with Gasteiger partial charge in [-0.25, -0.2) is 17.9 Å². The molecule has 0 radical (unpaired) electrons. The molecular formula is C13H16ClNO4S. The van der Waals surface area contributed by atoms with Gasteiger partial charge in [0.05, 0.1) is 10.6 Å². The lowest BCUT2D eigenvalue weighted by Crippen LogP contribution is -2.40. The second kappa shape index (κ2) is 5.35. The van der Waals surface area contributed by atoms with Gasteiger partial charge >= 0.3 is 5.97 Å². The number of hydrogen-bond donors (Lipinski definition) is 2. The van der Waals surface area contributed by atoms with E-state index in [0.717, 1.165) is 25.3 Å². The third-order valence-electron chi connectivity index (χ3n) is 3.72. The van der Waals surface area contributed by atoms with Crippen molar-refractivity contribution in [1.29, 1.82) is 0 Å². The molecule has 0 amide bonds. The van der Waals surface area contributed by atoms with Crippen molar-refractivity contribution in [2.24, 2.45) is 5.41 Å². The number of carboxylic acid groups (broad SMARTS) is 1. The molecule has 0 saturated heterocycles. The Morgan fingerprint density at radius 1 is 1.45 bits per heavy atom. The summed E-state index contributed by atoms with van der Waals surface area (Å²) < 4.78 is 27.0. The molecule has 1 fully saturated rings. The molecule has 0 bridgehead atoms. The second-order valence-corrected chi connectivity index (χ2v) is 7.58. The summed E-state index contributed by atoms with van der Waals surface area (Å²) in [6, 6.07) is 3.64. The van der Waals surface area contributed by atoms with Gasteiger partial charge < -0.3 is 5.11 Å². The minimum absolute atomic E-state index is 0.00997. The van der Waals surface area contributed by atoms with Gasteiger partial charge in [0.25, 0.3) is 0 Å². The maximum absolute atomic E-state index is 12.2. The van der Waals surface area contributed by atoms with Crippen LogP contribution in [0.25, 0.3) is 0 Å². The van der Waals surface area contributed by atoms with Crippen LogP contribution in [-0.2, 0) is 10.0 Å². The van der Waals surface area contributed by atoms with E-state index in [1.165, 1.54) is 12.1 Å². The molecule has 0 heterocycles. The van der Waals surface area contributed by atoms with Crippen LogP contribution in [-0.4, -0.2) is 26.0 Å². The zero-order chi connectivity index (χ0) is 15.0. The molecule has 110 valence electrons. The lowest BCUT2D eigenvalue weighted by atomic mass is 9.71. The molecule has 1 aliphatic rings. The van der Waals surface area contributed by atoms with Crippen LogP contribution in [0.15, 0.2) is 23.1 Å². The van der Waals surface area contributed by atoms with E-state index in [4.69, 9.17) is 16.7 Å². The minimum Gasteiger partial charge on any atom is -0.478 e. The average molecular weight is 318 g/mol. The standard InChI is InChI=1S/C13H16ClNO4S/c1-13(5-2-6-13)8-15-20(18,19)11-7-9(12(16)17)3-4-10(11)14/h3-4,7,15H,2,5-6,8H2,1H3,(H,16,17). The first-order chi connectivity index (χ1) is 9.23. The normalized spacial score (nSPS) is 17.5. The number of carbonyl (C=O) groups is 1. The van der Waals surface area contributed by atoms with Crippen molar-refractivity contribution in [2.75, 3.05) is 6.54 Å². The molecule has 2 N–H and O–H groups in total. The van der Waals surface area contributed by atoms with Crippen molar-refractivity contribution in [2.45, 2.75) is 31.1 Å². The zero-order valence-corrected chi connectivity index (χ0v) is 12.6. The number of aromatic carboxylic acids is 1. The van der Waals surface area contributed by atoms with Gasteiger partial charge in [0.2, 0.25) is 10.0 Å².